The zero-order valence-corrected chi connectivity index (χ0v) is 16.2. The molecule has 3 aromatic rings. The standard InChI is InChI=1S/C18H22N6O2S/c1-12(17(25)21-18-20-14-5-3-4-6-15(14)27-18)24-9-7-23(8-10-24)11-16-19-13(2)26-22-16/h3-6,12H,7-11H2,1-2H3,(H,20,21,25). The average Bonchev–Trinajstić information content (AvgIpc) is 3.26. The Hall–Kier alpha value is -2.36. The molecule has 1 aliphatic heterocycles. The van der Waals surface area contributed by atoms with Crippen LogP contribution in [0.25, 0.3) is 10.2 Å². The van der Waals surface area contributed by atoms with E-state index in [0.717, 1.165) is 36.4 Å². The minimum Gasteiger partial charge on any atom is -0.340 e. The minimum absolute atomic E-state index is 0.0173. The van der Waals surface area contributed by atoms with Crippen molar-refractivity contribution in [1.82, 2.24) is 24.9 Å². The van der Waals surface area contributed by atoms with Gasteiger partial charge in [-0.1, -0.05) is 28.6 Å². The number of piperazine rings is 1. The minimum atomic E-state index is -0.202. The Morgan fingerprint density at radius 1 is 1.26 bits per heavy atom. The maximum atomic E-state index is 12.6. The smallest absolute Gasteiger partial charge is 0.243 e. The zero-order chi connectivity index (χ0) is 18.8. The number of fused-ring (bicyclic) bond motifs is 1. The monoisotopic (exact) mass is 386 g/mol. The molecule has 27 heavy (non-hydrogen) atoms. The van der Waals surface area contributed by atoms with Crippen LogP contribution in [0.1, 0.15) is 18.6 Å². The van der Waals surface area contributed by atoms with E-state index in [9.17, 15) is 4.79 Å². The lowest BCUT2D eigenvalue weighted by Crippen LogP contribution is -2.52. The van der Waals surface area contributed by atoms with Crippen molar-refractivity contribution in [2.45, 2.75) is 26.4 Å². The number of para-hydroxylation sites is 1. The molecule has 1 fully saturated rings. The fraction of sp³-hybridized carbons (Fsp3) is 0.444. The van der Waals surface area contributed by atoms with E-state index >= 15 is 0 Å². The third-order valence-corrected chi connectivity index (χ3v) is 5.74. The number of anilines is 1. The highest BCUT2D eigenvalue weighted by Gasteiger charge is 2.26. The lowest BCUT2D eigenvalue weighted by atomic mass is 10.2. The van der Waals surface area contributed by atoms with Crippen LogP contribution in [0.3, 0.4) is 0 Å². The SMILES string of the molecule is Cc1nc(CN2CCN(C(C)C(=O)Nc3nc4ccccc4s3)CC2)no1. The molecule has 3 heterocycles. The van der Waals surface area contributed by atoms with Crippen molar-refractivity contribution >= 4 is 32.6 Å². The van der Waals surface area contributed by atoms with Crippen LogP contribution in [0, 0.1) is 6.92 Å². The fourth-order valence-electron chi connectivity index (χ4n) is 3.22. The molecule has 1 amide bonds. The largest absolute Gasteiger partial charge is 0.340 e. The molecule has 0 saturated carbocycles. The summed E-state index contributed by atoms with van der Waals surface area (Å²) in [6, 6.07) is 7.69. The van der Waals surface area contributed by atoms with Crippen LogP contribution in [-0.4, -0.2) is 63.1 Å². The summed E-state index contributed by atoms with van der Waals surface area (Å²) >= 11 is 1.50. The molecule has 1 atom stereocenters. The van der Waals surface area contributed by atoms with Crippen molar-refractivity contribution in [3.63, 3.8) is 0 Å². The number of nitrogens with zero attached hydrogens (tertiary/aromatic N) is 5. The third kappa shape index (κ3) is 4.15. The Kier molecular flexibility index (Phi) is 5.15. The zero-order valence-electron chi connectivity index (χ0n) is 15.4. The average molecular weight is 386 g/mol. The molecule has 9 heteroatoms. The number of carbonyl (C=O) groups excluding carboxylic acids is 1. The number of benzene rings is 1. The second-order valence-corrected chi connectivity index (χ2v) is 7.72. The predicted octanol–water partition coefficient (Wildman–Crippen LogP) is 2.13. The first-order valence-electron chi connectivity index (χ1n) is 9.00. The molecule has 1 unspecified atom stereocenters. The van der Waals surface area contributed by atoms with Crippen LogP contribution in [0.5, 0.6) is 0 Å². The van der Waals surface area contributed by atoms with Crippen LogP contribution in [-0.2, 0) is 11.3 Å². The van der Waals surface area contributed by atoms with Crippen molar-refractivity contribution in [1.29, 1.82) is 0 Å². The van der Waals surface area contributed by atoms with Crippen LogP contribution in [0.4, 0.5) is 5.13 Å². The number of amides is 1. The summed E-state index contributed by atoms with van der Waals surface area (Å²) in [7, 11) is 0. The number of carbonyl (C=O) groups is 1. The van der Waals surface area contributed by atoms with Crippen LogP contribution >= 0.6 is 11.3 Å². The number of hydrogen-bond acceptors (Lipinski definition) is 8. The van der Waals surface area contributed by atoms with Gasteiger partial charge in [0.25, 0.3) is 0 Å². The van der Waals surface area contributed by atoms with Gasteiger partial charge in [0, 0.05) is 33.1 Å². The van der Waals surface area contributed by atoms with E-state index in [1.807, 2.05) is 31.2 Å². The fourth-order valence-corrected chi connectivity index (χ4v) is 4.08. The first-order chi connectivity index (χ1) is 13.1. The molecule has 1 saturated heterocycles. The van der Waals surface area contributed by atoms with Crippen LogP contribution < -0.4 is 5.32 Å². The summed E-state index contributed by atoms with van der Waals surface area (Å²) in [4.78, 5) is 25.8. The van der Waals surface area contributed by atoms with Gasteiger partial charge in [-0.25, -0.2) is 4.98 Å². The lowest BCUT2D eigenvalue weighted by molar-refractivity contribution is -0.121. The molecule has 142 valence electrons. The second kappa shape index (κ2) is 7.71. The highest BCUT2D eigenvalue weighted by molar-refractivity contribution is 7.22. The molecule has 0 spiro atoms. The van der Waals surface area contributed by atoms with Gasteiger partial charge in [-0.05, 0) is 19.1 Å². The van der Waals surface area contributed by atoms with Crippen LogP contribution in [0.15, 0.2) is 28.8 Å². The lowest BCUT2D eigenvalue weighted by Gasteiger charge is -2.36. The first-order valence-corrected chi connectivity index (χ1v) is 9.82. The van der Waals surface area contributed by atoms with E-state index in [-0.39, 0.29) is 11.9 Å². The first kappa shape index (κ1) is 18.0. The number of thiazole rings is 1. The molecule has 0 aliphatic carbocycles. The van der Waals surface area contributed by atoms with Crippen molar-refractivity contribution in [3.8, 4) is 0 Å². The van der Waals surface area contributed by atoms with E-state index in [2.05, 4.69) is 30.2 Å². The molecule has 8 nitrogen and oxygen atoms in total. The molecular weight excluding hydrogens is 364 g/mol. The van der Waals surface area contributed by atoms with Gasteiger partial charge >= 0.3 is 0 Å². The van der Waals surface area contributed by atoms with Crippen LogP contribution in [0.2, 0.25) is 0 Å². The van der Waals surface area contributed by atoms with Gasteiger partial charge in [-0.15, -0.1) is 0 Å². The number of hydrogen-bond donors (Lipinski definition) is 1. The summed E-state index contributed by atoms with van der Waals surface area (Å²) in [5.41, 5.74) is 0.913. The number of aryl methyl sites for hydroxylation is 1. The molecule has 1 aliphatic rings. The van der Waals surface area contributed by atoms with Gasteiger partial charge in [-0.3, -0.25) is 14.6 Å². The van der Waals surface area contributed by atoms with Gasteiger partial charge in [0.05, 0.1) is 22.8 Å². The second-order valence-electron chi connectivity index (χ2n) is 6.69. The quantitative estimate of drug-likeness (QED) is 0.719. The van der Waals surface area contributed by atoms with Gasteiger partial charge in [0.15, 0.2) is 11.0 Å². The molecule has 1 N–H and O–H groups in total. The number of nitrogens with one attached hydrogen (secondary N) is 1. The number of aromatic nitrogens is 3. The molecule has 2 aromatic heterocycles. The van der Waals surface area contributed by atoms with Crippen molar-refractivity contribution < 1.29 is 9.32 Å². The van der Waals surface area contributed by atoms with Crippen molar-refractivity contribution in [2.24, 2.45) is 0 Å². The molecule has 0 radical (unpaired) electrons. The van der Waals surface area contributed by atoms with Gasteiger partial charge in [0.2, 0.25) is 11.8 Å². The van der Waals surface area contributed by atoms with Crippen molar-refractivity contribution in [2.75, 3.05) is 31.5 Å². The Balaban J connectivity index is 1.30. The summed E-state index contributed by atoms with van der Waals surface area (Å²) in [6.45, 7) is 7.80. The Bertz CT molecular complexity index is 898. The summed E-state index contributed by atoms with van der Waals surface area (Å²) < 4.78 is 6.09. The Morgan fingerprint density at radius 3 is 2.74 bits per heavy atom. The third-order valence-electron chi connectivity index (χ3n) is 4.79. The summed E-state index contributed by atoms with van der Waals surface area (Å²) in [5.74, 6) is 1.28. The number of rotatable bonds is 5. The predicted molar refractivity (Wildman–Crippen MR) is 104 cm³/mol. The molecular formula is C18H22N6O2S. The topological polar surface area (TPSA) is 87.4 Å². The molecule has 1 aromatic carbocycles. The van der Waals surface area contributed by atoms with E-state index < -0.39 is 0 Å². The maximum absolute atomic E-state index is 12.6. The van der Waals surface area contributed by atoms with E-state index in [1.54, 1.807) is 6.92 Å². The Morgan fingerprint density at radius 2 is 2.04 bits per heavy atom. The maximum Gasteiger partial charge on any atom is 0.243 e. The summed E-state index contributed by atoms with van der Waals surface area (Å²) in [5, 5.41) is 7.56. The molecule has 0 bridgehead atoms. The van der Waals surface area contributed by atoms with Crippen molar-refractivity contribution in [3.05, 3.63) is 36.0 Å². The highest BCUT2D eigenvalue weighted by atomic mass is 32.1. The van der Waals surface area contributed by atoms with Gasteiger partial charge < -0.3 is 9.84 Å². The van der Waals surface area contributed by atoms with Gasteiger partial charge in [-0.2, -0.15) is 4.98 Å². The van der Waals surface area contributed by atoms with E-state index in [0.29, 0.717) is 23.4 Å². The van der Waals surface area contributed by atoms with E-state index in [4.69, 9.17) is 4.52 Å². The molecule has 4 rings (SSSR count). The van der Waals surface area contributed by atoms with E-state index in [1.165, 1.54) is 11.3 Å². The summed E-state index contributed by atoms with van der Waals surface area (Å²) in [6.07, 6.45) is 0. The Labute approximate surface area is 161 Å². The normalized spacial score (nSPS) is 17.3. The van der Waals surface area contributed by atoms with Gasteiger partial charge in [0.1, 0.15) is 0 Å². The highest BCUT2D eigenvalue weighted by Crippen LogP contribution is 2.25.